The summed E-state index contributed by atoms with van der Waals surface area (Å²) in [6.07, 6.45) is 5.01. The highest BCUT2D eigenvalue weighted by Crippen LogP contribution is 2.29. The Bertz CT molecular complexity index is 502. The number of amides is 1. The first-order valence-corrected chi connectivity index (χ1v) is 6.92. The molecule has 5 nitrogen and oxygen atoms in total. The number of hydrogen-bond acceptors (Lipinski definition) is 3. The Kier molecular flexibility index (Phi) is 4.19. The lowest BCUT2D eigenvalue weighted by Gasteiger charge is -2.24. The first kappa shape index (κ1) is 14.0. The molecule has 0 spiro atoms. The smallest absolute Gasteiger partial charge is 0.308 e. The van der Waals surface area contributed by atoms with Crippen molar-refractivity contribution in [2.24, 2.45) is 5.92 Å². The average Bonchev–Trinajstić information content (AvgIpc) is 3.19. The number of carbonyl (C=O) groups excluding carboxylic acids is 1. The van der Waals surface area contributed by atoms with E-state index in [0.717, 1.165) is 17.3 Å². The number of aromatic nitrogens is 1. The highest BCUT2D eigenvalue weighted by Gasteiger charge is 2.35. The zero-order valence-electron chi connectivity index (χ0n) is 10.5. The first-order valence-electron chi connectivity index (χ1n) is 6.13. The molecule has 1 atom stereocenters. The van der Waals surface area contributed by atoms with Gasteiger partial charge in [-0.15, -0.1) is 0 Å². The second-order valence-electron chi connectivity index (χ2n) is 4.82. The molecule has 102 valence electrons. The minimum atomic E-state index is -0.884. The fourth-order valence-electron chi connectivity index (χ4n) is 1.85. The number of carbonyl (C=O) groups is 2. The van der Waals surface area contributed by atoms with E-state index in [4.69, 9.17) is 5.11 Å². The molecule has 1 aliphatic carbocycles. The van der Waals surface area contributed by atoms with Gasteiger partial charge in [0.1, 0.15) is 0 Å². The standard InChI is InChI=1S/C13H15BrN2O3/c1-8(13(18)19)7-16(11-2-3-11)12(17)9-4-10(14)6-15-5-9/h4-6,8,11H,2-3,7H2,1H3,(H,18,19)/t8-/m1/s1. The number of nitrogens with zero attached hydrogens (tertiary/aromatic N) is 2. The number of aliphatic carboxylic acids is 1. The van der Waals surface area contributed by atoms with Gasteiger partial charge in [-0.2, -0.15) is 0 Å². The van der Waals surface area contributed by atoms with Crippen molar-refractivity contribution < 1.29 is 14.7 Å². The summed E-state index contributed by atoms with van der Waals surface area (Å²) in [6, 6.07) is 1.88. The van der Waals surface area contributed by atoms with Crippen molar-refractivity contribution in [2.75, 3.05) is 6.54 Å². The highest BCUT2D eigenvalue weighted by molar-refractivity contribution is 9.10. The van der Waals surface area contributed by atoms with E-state index in [1.807, 2.05) is 0 Å². The quantitative estimate of drug-likeness (QED) is 0.900. The normalized spacial score (nSPS) is 15.9. The third-order valence-electron chi connectivity index (χ3n) is 3.09. The number of carboxylic acid groups (broad SMARTS) is 1. The second kappa shape index (κ2) is 5.69. The predicted octanol–water partition coefficient (Wildman–Crippen LogP) is 2.17. The summed E-state index contributed by atoms with van der Waals surface area (Å²) in [7, 11) is 0. The van der Waals surface area contributed by atoms with Gasteiger partial charge in [-0.1, -0.05) is 6.92 Å². The Morgan fingerprint density at radius 1 is 1.53 bits per heavy atom. The minimum absolute atomic E-state index is 0.149. The summed E-state index contributed by atoms with van der Waals surface area (Å²) in [5.41, 5.74) is 0.485. The van der Waals surface area contributed by atoms with Crippen LogP contribution in [0.1, 0.15) is 30.1 Å². The minimum Gasteiger partial charge on any atom is -0.481 e. The molecule has 19 heavy (non-hydrogen) atoms. The largest absolute Gasteiger partial charge is 0.481 e. The fraction of sp³-hybridized carbons (Fsp3) is 0.462. The van der Waals surface area contributed by atoms with E-state index in [9.17, 15) is 9.59 Å². The number of rotatable bonds is 5. The second-order valence-corrected chi connectivity index (χ2v) is 5.74. The maximum absolute atomic E-state index is 12.4. The average molecular weight is 327 g/mol. The van der Waals surface area contributed by atoms with Crippen molar-refractivity contribution in [3.8, 4) is 0 Å². The van der Waals surface area contributed by atoms with E-state index in [1.165, 1.54) is 6.20 Å². The molecule has 1 fully saturated rings. The van der Waals surface area contributed by atoms with E-state index >= 15 is 0 Å². The zero-order valence-corrected chi connectivity index (χ0v) is 12.1. The van der Waals surface area contributed by atoms with Gasteiger partial charge < -0.3 is 10.0 Å². The summed E-state index contributed by atoms with van der Waals surface area (Å²) < 4.78 is 0.736. The van der Waals surface area contributed by atoms with Crippen LogP contribution in [0.5, 0.6) is 0 Å². The molecule has 0 saturated heterocycles. The zero-order chi connectivity index (χ0) is 14.0. The van der Waals surface area contributed by atoms with Crippen molar-refractivity contribution in [1.29, 1.82) is 0 Å². The first-order chi connectivity index (χ1) is 8.99. The summed E-state index contributed by atoms with van der Waals surface area (Å²) in [6.45, 7) is 1.86. The van der Waals surface area contributed by atoms with E-state index in [-0.39, 0.29) is 18.5 Å². The van der Waals surface area contributed by atoms with Crippen molar-refractivity contribution in [3.05, 3.63) is 28.5 Å². The third kappa shape index (κ3) is 3.53. The van der Waals surface area contributed by atoms with Crippen LogP contribution in [0.15, 0.2) is 22.9 Å². The molecule has 0 aromatic carbocycles. The number of carboxylic acids is 1. The van der Waals surface area contributed by atoms with Gasteiger partial charge in [0, 0.05) is 29.5 Å². The number of pyridine rings is 1. The van der Waals surface area contributed by atoms with Crippen molar-refractivity contribution >= 4 is 27.8 Å². The SMILES string of the molecule is C[C@H](CN(C(=O)c1cncc(Br)c1)C1CC1)C(=O)O. The van der Waals surface area contributed by atoms with Crippen LogP contribution in [-0.2, 0) is 4.79 Å². The molecule has 0 radical (unpaired) electrons. The molecule has 0 bridgehead atoms. The van der Waals surface area contributed by atoms with Gasteiger partial charge in [0.25, 0.3) is 5.91 Å². The maximum Gasteiger partial charge on any atom is 0.308 e. The summed E-state index contributed by atoms with van der Waals surface area (Å²) in [5, 5.41) is 8.97. The molecule has 1 aromatic heterocycles. The Morgan fingerprint density at radius 3 is 2.74 bits per heavy atom. The van der Waals surface area contributed by atoms with Gasteiger partial charge in [0.05, 0.1) is 11.5 Å². The van der Waals surface area contributed by atoms with Crippen LogP contribution >= 0.6 is 15.9 Å². The topological polar surface area (TPSA) is 70.5 Å². The van der Waals surface area contributed by atoms with Crippen LogP contribution in [0.4, 0.5) is 0 Å². The molecule has 1 N–H and O–H groups in total. The van der Waals surface area contributed by atoms with E-state index in [2.05, 4.69) is 20.9 Å². The summed E-state index contributed by atoms with van der Waals surface area (Å²) in [5.74, 6) is -1.60. The molecule has 0 unspecified atom stereocenters. The van der Waals surface area contributed by atoms with Gasteiger partial charge >= 0.3 is 5.97 Å². The van der Waals surface area contributed by atoms with Crippen LogP contribution in [0.2, 0.25) is 0 Å². The lowest BCUT2D eigenvalue weighted by molar-refractivity contribution is -0.141. The Labute approximate surface area is 119 Å². The molecular formula is C13H15BrN2O3. The molecule has 1 saturated carbocycles. The van der Waals surface area contributed by atoms with Gasteiger partial charge in [-0.3, -0.25) is 14.6 Å². The van der Waals surface area contributed by atoms with Gasteiger partial charge in [-0.05, 0) is 34.8 Å². The van der Waals surface area contributed by atoms with Crippen molar-refractivity contribution in [2.45, 2.75) is 25.8 Å². The number of hydrogen-bond donors (Lipinski definition) is 1. The molecule has 1 aromatic rings. The third-order valence-corrected chi connectivity index (χ3v) is 3.53. The summed E-state index contributed by atoms with van der Waals surface area (Å²) in [4.78, 5) is 29.0. The monoisotopic (exact) mass is 326 g/mol. The number of halogens is 1. The molecule has 6 heteroatoms. The Morgan fingerprint density at radius 2 is 2.21 bits per heavy atom. The van der Waals surface area contributed by atoms with Crippen molar-refractivity contribution in [3.63, 3.8) is 0 Å². The van der Waals surface area contributed by atoms with E-state index in [0.29, 0.717) is 5.56 Å². The lowest BCUT2D eigenvalue weighted by Crippen LogP contribution is -2.38. The van der Waals surface area contributed by atoms with E-state index < -0.39 is 11.9 Å². The van der Waals surface area contributed by atoms with E-state index in [1.54, 1.807) is 24.1 Å². The Balaban J connectivity index is 2.15. The van der Waals surface area contributed by atoms with Crippen LogP contribution in [0.25, 0.3) is 0 Å². The molecule has 2 rings (SSSR count). The van der Waals surface area contributed by atoms with Crippen LogP contribution in [0.3, 0.4) is 0 Å². The predicted molar refractivity (Wildman–Crippen MR) is 72.8 cm³/mol. The van der Waals surface area contributed by atoms with Gasteiger partial charge in [0.2, 0.25) is 0 Å². The molecule has 1 aliphatic rings. The van der Waals surface area contributed by atoms with Gasteiger partial charge in [-0.25, -0.2) is 0 Å². The lowest BCUT2D eigenvalue weighted by atomic mass is 10.1. The van der Waals surface area contributed by atoms with Gasteiger partial charge in [0.15, 0.2) is 0 Å². The molecule has 1 amide bonds. The van der Waals surface area contributed by atoms with Crippen LogP contribution in [-0.4, -0.2) is 39.5 Å². The summed E-state index contributed by atoms with van der Waals surface area (Å²) >= 11 is 3.28. The maximum atomic E-state index is 12.4. The fourth-order valence-corrected chi connectivity index (χ4v) is 2.22. The molecule has 0 aliphatic heterocycles. The van der Waals surface area contributed by atoms with Crippen LogP contribution in [0, 0.1) is 5.92 Å². The van der Waals surface area contributed by atoms with Crippen molar-refractivity contribution in [1.82, 2.24) is 9.88 Å². The Hall–Kier alpha value is -1.43. The molecular weight excluding hydrogens is 312 g/mol. The molecule has 1 heterocycles. The highest BCUT2D eigenvalue weighted by atomic mass is 79.9. The van der Waals surface area contributed by atoms with Crippen LogP contribution < -0.4 is 0 Å².